The molecule has 2 aromatic carbocycles. The van der Waals surface area contributed by atoms with Crippen molar-refractivity contribution >= 4 is 42.8 Å². The highest BCUT2D eigenvalue weighted by atomic mass is 79.9. The van der Waals surface area contributed by atoms with Gasteiger partial charge in [-0.1, -0.05) is 0 Å². The van der Waals surface area contributed by atoms with Crippen LogP contribution in [0.15, 0.2) is 39.7 Å². The van der Waals surface area contributed by atoms with Crippen molar-refractivity contribution in [1.82, 2.24) is 0 Å². The molecule has 0 saturated carbocycles. The Morgan fingerprint density at radius 3 is 2.43 bits per heavy atom. The molecule has 4 nitrogen and oxygen atoms in total. The zero-order valence-corrected chi connectivity index (χ0v) is 13.8. The molecule has 0 fully saturated rings. The fourth-order valence-electron chi connectivity index (χ4n) is 1.81. The summed E-state index contributed by atoms with van der Waals surface area (Å²) in [6.45, 7) is 1.76. The van der Waals surface area contributed by atoms with Gasteiger partial charge in [0, 0.05) is 11.9 Å². The summed E-state index contributed by atoms with van der Waals surface area (Å²) in [6, 6.07) is 7.46. The molecule has 0 radical (unpaired) electrons. The number of nitrogens with one attached hydrogen (secondary N) is 1. The number of aryl methyl sites for hydroxylation is 1. The molecule has 0 amide bonds. The van der Waals surface area contributed by atoms with Gasteiger partial charge in [-0.25, -0.2) is 12.8 Å². The Labute approximate surface area is 131 Å². The molecule has 0 aromatic heterocycles. The Morgan fingerprint density at radius 2 is 1.86 bits per heavy atom. The zero-order chi connectivity index (χ0) is 15.8. The van der Waals surface area contributed by atoms with Gasteiger partial charge < -0.3 is 11.1 Å². The highest BCUT2D eigenvalue weighted by molar-refractivity contribution is 9.10. The summed E-state index contributed by atoms with van der Waals surface area (Å²) < 4.78 is 36.7. The molecule has 0 atom stereocenters. The van der Waals surface area contributed by atoms with E-state index in [4.69, 9.17) is 5.73 Å². The number of rotatable bonds is 3. The first-order valence-corrected chi connectivity index (χ1v) is 8.69. The van der Waals surface area contributed by atoms with Gasteiger partial charge in [-0.2, -0.15) is 0 Å². The van der Waals surface area contributed by atoms with Gasteiger partial charge in [0.2, 0.25) is 0 Å². The third-order valence-corrected chi connectivity index (χ3v) is 4.71. The molecule has 2 rings (SSSR count). The van der Waals surface area contributed by atoms with Crippen molar-refractivity contribution in [2.75, 3.05) is 17.3 Å². The maximum Gasteiger partial charge on any atom is 0.175 e. The third-order valence-electron chi connectivity index (χ3n) is 2.99. The second kappa shape index (κ2) is 5.65. The first-order valence-electron chi connectivity index (χ1n) is 6.01. The van der Waals surface area contributed by atoms with Crippen LogP contribution in [0.3, 0.4) is 0 Å². The van der Waals surface area contributed by atoms with E-state index >= 15 is 0 Å². The highest BCUT2D eigenvalue weighted by Crippen LogP contribution is 2.30. The summed E-state index contributed by atoms with van der Waals surface area (Å²) in [4.78, 5) is 0.155. The quantitative estimate of drug-likeness (QED) is 0.806. The van der Waals surface area contributed by atoms with Crippen LogP contribution < -0.4 is 11.1 Å². The Balaban J connectivity index is 2.39. The number of halogens is 2. The molecule has 7 heteroatoms. The number of hydrogen-bond acceptors (Lipinski definition) is 4. The van der Waals surface area contributed by atoms with Crippen LogP contribution in [0.2, 0.25) is 0 Å². The van der Waals surface area contributed by atoms with E-state index in [0.717, 1.165) is 6.26 Å². The average Bonchev–Trinajstić information content (AvgIpc) is 2.36. The van der Waals surface area contributed by atoms with Crippen LogP contribution in [0, 0.1) is 12.7 Å². The Kier molecular flexibility index (Phi) is 4.25. The van der Waals surface area contributed by atoms with Gasteiger partial charge in [-0.05, 0) is 58.7 Å². The Hall–Kier alpha value is -1.60. The minimum atomic E-state index is -3.30. The largest absolute Gasteiger partial charge is 0.397 e. The number of nitrogens with two attached hydrogens (primary N) is 1. The van der Waals surface area contributed by atoms with Crippen LogP contribution in [0.25, 0.3) is 0 Å². The standard InChI is InChI=1S/C14H14BrFN2O2S/c1-8-5-11(16)10(15)7-14(8)18-13-4-3-9(6-12(13)17)21(2,19)20/h3-7,18H,17H2,1-2H3. The van der Waals surface area contributed by atoms with E-state index in [9.17, 15) is 12.8 Å². The van der Waals surface area contributed by atoms with Crippen molar-refractivity contribution in [2.24, 2.45) is 0 Å². The molecule has 3 N–H and O–H groups in total. The van der Waals surface area contributed by atoms with E-state index in [1.54, 1.807) is 19.1 Å². The lowest BCUT2D eigenvalue weighted by molar-refractivity contribution is 0.602. The Morgan fingerprint density at radius 1 is 1.19 bits per heavy atom. The average molecular weight is 373 g/mol. The molecule has 0 aliphatic carbocycles. The van der Waals surface area contributed by atoms with Crippen molar-refractivity contribution in [3.8, 4) is 0 Å². The predicted molar refractivity (Wildman–Crippen MR) is 86.1 cm³/mol. The molecule has 0 saturated heterocycles. The molecule has 0 aliphatic heterocycles. The lowest BCUT2D eigenvalue weighted by Gasteiger charge is -2.13. The van der Waals surface area contributed by atoms with Crippen molar-refractivity contribution in [3.63, 3.8) is 0 Å². The molecule has 0 heterocycles. The van der Waals surface area contributed by atoms with Crippen LogP contribution in [0.1, 0.15) is 5.56 Å². The van der Waals surface area contributed by atoms with Crippen LogP contribution in [-0.4, -0.2) is 14.7 Å². The molecule has 0 bridgehead atoms. The van der Waals surface area contributed by atoms with Crippen LogP contribution in [0.4, 0.5) is 21.5 Å². The summed E-state index contributed by atoms with van der Waals surface area (Å²) in [7, 11) is -3.30. The minimum Gasteiger partial charge on any atom is -0.397 e. The van der Waals surface area contributed by atoms with E-state index in [-0.39, 0.29) is 10.7 Å². The molecular formula is C14H14BrFN2O2S. The molecule has 0 unspecified atom stereocenters. The number of sulfone groups is 1. The maximum absolute atomic E-state index is 13.4. The van der Waals surface area contributed by atoms with E-state index in [1.807, 2.05) is 0 Å². The predicted octanol–water partition coefficient (Wildman–Crippen LogP) is 3.63. The first kappa shape index (κ1) is 15.8. The lowest BCUT2D eigenvalue weighted by atomic mass is 10.2. The van der Waals surface area contributed by atoms with Crippen LogP contribution in [0.5, 0.6) is 0 Å². The smallest absolute Gasteiger partial charge is 0.175 e. The van der Waals surface area contributed by atoms with E-state index in [1.165, 1.54) is 18.2 Å². The van der Waals surface area contributed by atoms with E-state index in [2.05, 4.69) is 21.2 Å². The Bertz CT molecular complexity index is 807. The summed E-state index contributed by atoms with van der Waals surface area (Å²) in [6.07, 6.45) is 1.12. The van der Waals surface area contributed by atoms with Crippen molar-refractivity contribution in [1.29, 1.82) is 0 Å². The van der Waals surface area contributed by atoms with Gasteiger partial charge in [0.15, 0.2) is 9.84 Å². The third kappa shape index (κ3) is 3.54. The van der Waals surface area contributed by atoms with Gasteiger partial charge in [0.1, 0.15) is 5.82 Å². The summed E-state index contributed by atoms with van der Waals surface area (Å²) in [5, 5.41) is 3.07. The first-order chi connectivity index (χ1) is 9.68. The van der Waals surface area contributed by atoms with E-state index < -0.39 is 9.84 Å². The summed E-state index contributed by atoms with van der Waals surface area (Å²) in [5.74, 6) is -0.349. The molecule has 0 spiro atoms. The number of benzene rings is 2. The van der Waals surface area contributed by atoms with Gasteiger partial charge in [-0.15, -0.1) is 0 Å². The molecule has 0 aliphatic rings. The molecule has 112 valence electrons. The summed E-state index contributed by atoms with van der Waals surface area (Å²) >= 11 is 3.12. The van der Waals surface area contributed by atoms with E-state index in [0.29, 0.717) is 27.1 Å². The van der Waals surface area contributed by atoms with Crippen molar-refractivity contribution < 1.29 is 12.8 Å². The fraction of sp³-hybridized carbons (Fsp3) is 0.143. The molecular weight excluding hydrogens is 359 g/mol. The monoisotopic (exact) mass is 372 g/mol. The highest BCUT2D eigenvalue weighted by Gasteiger charge is 2.11. The number of hydrogen-bond donors (Lipinski definition) is 2. The molecule has 21 heavy (non-hydrogen) atoms. The maximum atomic E-state index is 13.4. The zero-order valence-electron chi connectivity index (χ0n) is 11.4. The SMILES string of the molecule is Cc1cc(F)c(Br)cc1Nc1ccc(S(C)(=O)=O)cc1N. The van der Waals surface area contributed by atoms with Gasteiger partial charge in [0.25, 0.3) is 0 Å². The number of anilines is 3. The second-order valence-corrected chi connectivity index (χ2v) is 7.60. The fourth-order valence-corrected chi connectivity index (χ4v) is 2.81. The normalized spacial score (nSPS) is 11.4. The van der Waals surface area contributed by atoms with Crippen molar-refractivity contribution in [2.45, 2.75) is 11.8 Å². The van der Waals surface area contributed by atoms with Crippen LogP contribution in [-0.2, 0) is 9.84 Å². The number of nitrogen functional groups attached to an aromatic ring is 1. The van der Waals surface area contributed by atoms with Gasteiger partial charge in [0.05, 0.1) is 20.7 Å². The molecule has 2 aromatic rings. The topological polar surface area (TPSA) is 72.2 Å². The van der Waals surface area contributed by atoms with Gasteiger partial charge in [-0.3, -0.25) is 0 Å². The van der Waals surface area contributed by atoms with Gasteiger partial charge >= 0.3 is 0 Å². The minimum absolute atomic E-state index is 0.155. The van der Waals surface area contributed by atoms with Crippen molar-refractivity contribution in [3.05, 3.63) is 46.2 Å². The second-order valence-electron chi connectivity index (χ2n) is 4.73. The summed E-state index contributed by atoms with van der Waals surface area (Å²) in [5.41, 5.74) is 8.13. The lowest BCUT2D eigenvalue weighted by Crippen LogP contribution is -2.02. The van der Waals surface area contributed by atoms with Crippen LogP contribution >= 0.6 is 15.9 Å².